The predicted octanol–water partition coefficient (Wildman–Crippen LogP) is 3.73. The fourth-order valence-corrected chi connectivity index (χ4v) is 2.92. The van der Waals surface area contributed by atoms with Crippen LogP contribution in [0.3, 0.4) is 0 Å². The van der Waals surface area contributed by atoms with Gasteiger partial charge in [-0.1, -0.05) is 13.0 Å². The molecule has 0 aliphatic rings. The van der Waals surface area contributed by atoms with E-state index in [0.29, 0.717) is 18.1 Å². The van der Waals surface area contributed by atoms with Crippen LogP contribution in [0.1, 0.15) is 37.4 Å². The van der Waals surface area contributed by atoms with Gasteiger partial charge in [0.2, 0.25) is 5.65 Å². The lowest BCUT2D eigenvalue weighted by atomic mass is 10.0. The number of fused-ring (bicyclic) bond motifs is 1. The highest BCUT2D eigenvalue weighted by molar-refractivity contribution is 5.61. The van der Waals surface area contributed by atoms with Gasteiger partial charge in [-0.2, -0.15) is 0 Å². The van der Waals surface area contributed by atoms with E-state index in [0.717, 1.165) is 29.9 Å². The zero-order valence-electron chi connectivity index (χ0n) is 15.6. The van der Waals surface area contributed by atoms with Crippen LogP contribution in [0.2, 0.25) is 0 Å². The normalized spacial score (nSPS) is 12.3. The van der Waals surface area contributed by atoms with Gasteiger partial charge in [0, 0.05) is 30.8 Å². The van der Waals surface area contributed by atoms with Crippen LogP contribution in [0.15, 0.2) is 43.5 Å². The predicted molar refractivity (Wildman–Crippen MR) is 103 cm³/mol. The number of aryl methyl sites for hydroxylation is 1. The fraction of sp³-hybridized carbons (Fsp3) is 0.350. The minimum absolute atomic E-state index is 0.252. The molecule has 0 amide bonds. The lowest BCUT2D eigenvalue weighted by Crippen LogP contribution is -2.18. The lowest BCUT2D eigenvalue weighted by molar-refractivity contribution is 0.315. The quantitative estimate of drug-likeness (QED) is 0.495. The number of hydrogen-bond acceptors (Lipinski definition) is 5. The van der Waals surface area contributed by atoms with Crippen LogP contribution in [0, 0.1) is 6.92 Å². The summed E-state index contributed by atoms with van der Waals surface area (Å²) < 4.78 is 7.73. The van der Waals surface area contributed by atoms with E-state index in [1.165, 1.54) is 5.56 Å². The molecule has 3 aromatic rings. The van der Waals surface area contributed by atoms with E-state index >= 15 is 0 Å². The zero-order valence-corrected chi connectivity index (χ0v) is 15.6. The second-order valence-corrected chi connectivity index (χ2v) is 6.22. The summed E-state index contributed by atoms with van der Waals surface area (Å²) in [5, 5.41) is 3.46. The number of rotatable bonds is 8. The van der Waals surface area contributed by atoms with Crippen molar-refractivity contribution < 1.29 is 4.74 Å². The van der Waals surface area contributed by atoms with Crippen molar-refractivity contribution in [2.75, 3.05) is 13.2 Å². The van der Waals surface area contributed by atoms with Crippen molar-refractivity contribution in [1.82, 2.24) is 24.7 Å². The molecule has 0 fully saturated rings. The third-order valence-corrected chi connectivity index (χ3v) is 4.29. The Hall–Kier alpha value is -2.73. The number of nitrogens with zero attached hydrogens (tertiary/aromatic N) is 4. The Morgan fingerprint density at radius 3 is 2.96 bits per heavy atom. The second kappa shape index (κ2) is 8.10. The van der Waals surface area contributed by atoms with Crippen molar-refractivity contribution in [2.24, 2.45) is 0 Å². The Labute approximate surface area is 154 Å². The third-order valence-electron chi connectivity index (χ3n) is 4.29. The van der Waals surface area contributed by atoms with Gasteiger partial charge in [0.1, 0.15) is 5.69 Å². The first-order valence-electron chi connectivity index (χ1n) is 8.91. The zero-order chi connectivity index (χ0) is 18.5. The van der Waals surface area contributed by atoms with Gasteiger partial charge >= 0.3 is 0 Å². The Morgan fingerprint density at radius 1 is 1.35 bits per heavy atom. The third kappa shape index (κ3) is 3.75. The number of imidazole rings is 1. The van der Waals surface area contributed by atoms with Gasteiger partial charge < -0.3 is 14.5 Å². The first-order valence-corrected chi connectivity index (χ1v) is 8.91. The van der Waals surface area contributed by atoms with E-state index in [1.807, 2.05) is 29.1 Å². The van der Waals surface area contributed by atoms with Crippen LogP contribution >= 0.6 is 0 Å². The standard InChI is InChI=1S/C20H25N5O/c1-5-7-10-26-20-19-22-8-9-25(19)13-18(24-20)17-11-16(14(3)12-23-17)15(4)21-6-2/h5,8-9,11-13,15,21H,1,6-7,10H2,2-4H3. The van der Waals surface area contributed by atoms with Crippen molar-refractivity contribution >= 4 is 5.65 Å². The molecule has 0 bridgehead atoms. The van der Waals surface area contributed by atoms with E-state index in [1.54, 1.807) is 6.20 Å². The topological polar surface area (TPSA) is 64.3 Å². The molecule has 0 radical (unpaired) electrons. The summed E-state index contributed by atoms with van der Waals surface area (Å²) in [4.78, 5) is 13.6. The molecule has 3 rings (SSSR count). The van der Waals surface area contributed by atoms with Crippen molar-refractivity contribution in [3.63, 3.8) is 0 Å². The highest BCUT2D eigenvalue weighted by atomic mass is 16.5. The molecule has 0 spiro atoms. The molecule has 6 heteroatoms. The summed E-state index contributed by atoms with van der Waals surface area (Å²) in [5.41, 5.74) is 4.66. The molecule has 0 saturated heterocycles. The molecule has 1 N–H and O–H groups in total. The SMILES string of the molecule is C=CCCOc1nc(-c2cc(C(C)NCC)c(C)cn2)cn2ccnc12. The van der Waals surface area contributed by atoms with E-state index < -0.39 is 0 Å². The monoisotopic (exact) mass is 351 g/mol. The molecule has 0 aliphatic carbocycles. The number of nitrogens with one attached hydrogen (secondary N) is 1. The minimum Gasteiger partial charge on any atom is -0.475 e. The van der Waals surface area contributed by atoms with Gasteiger partial charge in [-0.15, -0.1) is 6.58 Å². The van der Waals surface area contributed by atoms with Crippen LogP contribution in [0.25, 0.3) is 17.0 Å². The molecule has 0 aromatic carbocycles. The maximum absolute atomic E-state index is 5.81. The number of hydrogen-bond donors (Lipinski definition) is 1. The summed E-state index contributed by atoms with van der Waals surface area (Å²) in [6, 6.07) is 2.35. The maximum Gasteiger partial charge on any atom is 0.259 e. The average molecular weight is 351 g/mol. The Balaban J connectivity index is 2.02. The summed E-state index contributed by atoms with van der Waals surface area (Å²) >= 11 is 0. The molecular weight excluding hydrogens is 326 g/mol. The van der Waals surface area contributed by atoms with Gasteiger partial charge in [0.25, 0.3) is 5.88 Å². The van der Waals surface area contributed by atoms with Gasteiger partial charge in [-0.05, 0) is 44.0 Å². The molecule has 0 saturated carbocycles. The smallest absolute Gasteiger partial charge is 0.259 e. The summed E-state index contributed by atoms with van der Waals surface area (Å²) in [7, 11) is 0. The van der Waals surface area contributed by atoms with Crippen molar-refractivity contribution in [3.05, 3.63) is 54.6 Å². The van der Waals surface area contributed by atoms with E-state index in [4.69, 9.17) is 4.74 Å². The first kappa shape index (κ1) is 18.1. The van der Waals surface area contributed by atoms with Crippen LogP contribution < -0.4 is 10.1 Å². The number of pyridine rings is 1. The minimum atomic E-state index is 0.252. The molecule has 6 nitrogen and oxygen atoms in total. The van der Waals surface area contributed by atoms with Gasteiger partial charge in [0.15, 0.2) is 0 Å². The fourth-order valence-electron chi connectivity index (χ4n) is 2.92. The highest BCUT2D eigenvalue weighted by Crippen LogP contribution is 2.26. The molecule has 136 valence electrons. The van der Waals surface area contributed by atoms with Crippen molar-refractivity contribution in [1.29, 1.82) is 0 Å². The summed E-state index contributed by atoms with van der Waals surface area (Å²) in [6.07, 6.45) is 10.0. The van der Waals surface area contributed by atoms with Gasteiger partial charge in [-0.3, -0.25) is 4.98 Å². The van der Waals surface area contributed by atoms with Crippen molar-refractivity contribution in [2.45, 2.75) is 33.2 Å². The van der Waals surface area contributed by atoms with Gasteiger partial charge in [0.05, 0.1) is 12.3 Å². The molecule has 0 aliphatic heterocycles. The van der Waals surface area contributed by atoms with E-state index in [-0.39, 0.29) is 6.04 Å². The number of aromatic nitrogens is 4. The largest absolute Gasteiger partial charge is 0.475 e. The summed E-state index contributed by atoms with van der Waals surface area (Å²) in [6.45, 7) is 11.5. The van der Waals surface area contributed by atoms with E-state index in [9.17, 15) is 0 Å². The second-order valence-electron chi connectivity index (χ2n) is 6.22. The molecule has 1 unspecified atom stereocenters. The highest BCUT2D eigenvalue weighted by Gasteiger charge is 2.14. The molecule has 3 aromatic heterocycles. The first-order chi connectivity index (χ1) is 12.6. The Kier molecular flexibility index (Phi) is 5.63. The van der Waals surface area contributed by atoms with E-state index in [2.05, 4.69) is 53.7 Å². The Bertz CT molecular complexity index is 902. The van der Waals surface area contributed by atoms with Crippen LogP contribution in [-0.4, -0.2) is 32.5 Å². The number of ether oxygens (including phenoxy) is 1. The molecule has 3 heterocycles. The lowest BCUT2D eigenvalue weighted by Gasteiger charge is -2.16. The maximum atomic E-state index is 5.81. The Morgan fingerprint density at radius 2 is 2.19 bits per heavy atom. The van der Waals surface area contributed by atoms with Crippen LogP contribution in [-0.2, 0) is 0 Å². The molecule has 1 atom stereocenters. The summed E-state index contributed by atoms with van der Waals surface area (Å²) in [5.74, 6) is 0.512. The van der Waals surface area contributed by atoms with Crippen LogP contribution in [0.4, 0.5) is 0 Å². The molecular formula is C20H25N5O. The van der Waals surface area contributed by atoms with Crippen LogP contribution in [0.5, 0.6) is 5.88 Å². The van der Waals surface area contributed by atoms with Gasteiger partial charge in [-0.25, -0.2) is 9.97 Å². The molecule has 26 heavy (non-hydrogen) atoms. The van der Waals surface area contributed by atoms with Crippen molar-refractivity contribution in [3.8, 4) is 17.3 Å². The average Bonchev–Trinajstić information content (AvgIpc) is 3.11.